The van der Waals surface area contributed by atoms with Crippen molar-refractivity contribution in [3.63, 3.8) is 0 Å². The molecule has 0 amide bonds. The summed E-state index contributed by atoms with van der Waals surface area (Å²) in [5.74, 6) is 0.371. The molecule has 0 atom stereocenters. The Morgan fingerprint density at radius 3 is 2.50 bits per heavy atom. The molecule has 0 aliphatic carbocycles. The van der Waals surface area contributed by atoms with Crippen molar-refractivity contribution in [3.8, 4) is 5.75 Å². The molecular formula is C16H20N2O2. The SMILES string of the molecule is Cc1ccc(OC(=O)Cc2c(C)nn(C)c2C)c(C)c1. The van der Waals surface area contributed by atoms with E-state index in [4.69, 9.17) is 4.74 Å². The van der Waals surface area contributed by atoms with Crippen molar-refractivity contribution in [2.75, 3.05) is 0 Å². The van der Waals surface area contributed by atoms with Crippen LogP contribution >= 0.6 is 0 Å². The summed E-state index contributed by atoms with van der Waals surface area (Å²) in [4.78, 5) is 12.1. The van der Waals surface area contributed by atoms with Crippen LogP contribution in [0.3, 0.4) is 0 Å². The Bertz CT molecular complexity index is 657. The van der Waals surface area contributed by atoms with Gasteiger partial charge < -0.3 is 4.74 Å². The first-order valence-corrected chi connectivity index (χ1v) is 6.65. The highest BCUT2D eigenvalue weighted by atomic mass is 16.5. The van der Waals surface area contributed by atoms with Crippen LogP contribution in [0.5, 0.6) is 5.75 Å². The maximum atomic E-state index is 12.1. The molecule has 20 heavy (non-hydrogen) atoms. The van der Waals surface area contributed by atoms with Gasteiger partial charge in [-0.1, -0.05) is 17.7 Å². The zero-order chi connectivity index (χ0) is 14.9. The number of hydrogen-bond acceptors (Lipinski definition) is 3. The van der Waals surface area contributed by atoms with Gasteiger partial charge in [0.1, 0.15) is 5.75 Å². The summed E-state index contributed by atoms with van der Waals surface area (Å²) in [7, 11) is 1.88. The maximum Gasteiger partial charge on any atom is 0.315 e. The van der Waals surface area contributed by atoms with Crippen LogP contribution in [0, 0.1) is 27.7 Å². The average molecular weight is 272 g/mol. The van der Waals surface area contributed by atoms with Gasteiger partial charge in [0, 0.05) is 18.3 Å². The van der Waals surface area contributed by atoms with E-state index < -0.39 is 0 Å². The highest BCUT2D eigenvalue weighted by Gasteiger charge is 2.15. The Labute approximate surface area is 119 Å². The summed E-state index contributed by atoms with van der Waals surface area (Å²) < 4.78 is 7.23. The van der Waals surface area contributed by atoms with E-state index in [1.165, 1.54) is 0 Å². The third kappa shape index (κ3) is 2.90. The molecule has 4 heteroatoms. The van der Waals surface area contributed by atoms with Gasteiger partial charge in [-0.25, -0.2) is 0 Å². The molecule has 0 N–H and O–H groups in total. The summed E-state index contributed by atoms with van der Waals surface area (Å²) in [5.41, 5.74) is 4.95. The lowest BCUT2D eigenvalue weighted by molar-refractivity contribution is -0.133. The van der Waals surface area contributed by atoms with Crippen molar-refractivity contribution in [2.24, 2.45) is 7.05 Å². The summed E-state index contributed by atoms with van der Waals surface area (Å²) in [6.07, 6.45) is 0.249. The number of aromatic nitrogens is 2. The first kappa shape index (κ1) is 14.3. The van der Waals surface area contributed by atoms with Crippen LogP contribution in [0.1, 0.15) is 28.1 Å². The molecule has 4 nitrogen and oxygen atoms in total. The number of carbonyl (C=O) groups is 1. The molecular weight excluding hydrogens is 252 g/mol. The highest BCUT2D eigenvalue weighted by Crippen LogP contribution is 2.20. The minimum atomic E-state index is -0.254. The Kier molecular flexibility index (Phi) is 3.93. The molecule has 2 aromatic rings. The molecule has 106 valence electrons. The van der Waals surface area contributed by atoms with E-state index in [2.05, 4.69) is 5.10 Å². The zero-order valence-corrected chi connectivity index (χ0v) is 12.7. The van der Waals surface area contributed by atoms with Gasteiger partial charge in [0.2, 0.25) is 0 Å². The van der Waals surface area contributed by atoms with E-state index in [0.717, 1.165) is 28.1 Å². The summed E-state index contributed by atoms with van der Waals surface area (Å²) in [6.45, 7) is 7.82. The lowest BCUT2D eigenvalue weighted by Gasteiger charge is -2.08. The van der Waals surface area contributed by atoms with E-state index in [-0.39, 0.29) is 12.4 Å². The van der Waals surface area contributed by atoms with Crippen molar-refractivity contribution < 1.29 is 9.53 Å². The number of rotatable bonds is 3. The second-order valence-corrected chi connectivity index (χ2v) is 5.19. The highest BCUT2D eigenvalue weighted by molar-refractivity contribution is 5.76. The van der Waals surface area contributed by atoms with Crippen molar-refractivity contribution in [1.29, 1.82) is 0 Å². The van der Waals surface area contributed by atoms with Crippen LogP contribution in [0.25, 0.3) is 0 Å². The molecule has 1 aromatic carbocycles. The minimum Gasteiger partial charge on any atom is -0.426 e. The van der Waals surface area contributed by atoms with E-state index in [0.29, 0.717) is 5.75 Å². The van der Waals surface area contributed by atoms with Gasteiger partial charge >= 0.3 is 5.97 Å². The molecule has 0 radical (unpaired) electrons. The summed E-state index contributed by atoms with van der Waals surface area (Å²) in [5, 5.41) is 4.31. The number of ether oxygens (including phenoxy) is 1. The molecule has 0 saturated heterocycles. The van der Waals surface area contributed by atoms with Gasteiger partial charge in [-0.15, -0.1) is 0 Å². The van der Waals surface area contributed by atoms with Gasteiger partial charge in [0.25, 0.3) is 0 Å². The fourth-order valence-corrected chi connectivity index (χ4v) is 2.29. The second kappa shape index (κ2) is 5.49. The monoisotopic (exact) mass is 272 g/mol. The maximum absolute atomic E-state index is 12.1. The van der Waals surface area contributed by atoms with Crippen molar-refractivity contribution in [2.45, 2.75) is 34.1 Å². The third-order valence-corrected chi connectivity index (χ3v) is 3.53. The van der Waals surface area contributed by atoms with Gasteiger partial charge in [0.05, 0.1) is 12.1 Å². The van der Waals surface area contributed by atoms with E-state index in [1.54, 1.807) is 4.68 Å². The molecule has 0 aliphatic heterocycles. The van der Waals surface area contributed by atoms with E-state index >= 15 is 0 Å². The molecule has 0 unspecified atom stereocenters. The Morgan fingerprint density at radius 1 is 1.25 bits per heavy atom. The van der Waals surface area contributed by atoms with Crippen LogP contribution in [0.15, 0.2) is 18.2 Å². The predicted molar refractivity (Wildman–Crippen MR) is 77.9 cm³/mol. The number of esters is 1. The molecule has 0 saturated carbocycles. The van der Waals surface area contributed by atoms with Gasteiger partial charge in [-0.05, 0) is 39.3 Å². The number of benzene rings is 1. The van der Waals surface area contributed by atoms with Crippen molar-refractivity contribution in [3.05, 3.63) is 46.3 Å². The normalized spacial score (nSPS) is 10.7. The fourth-order valence-electron chi connectivity index (χ4n) is 2.29. The molecule has 2 rings (SSSR count). The molecule has 0 aliphatic rings. The number of nitrogens with zero attached hydrogens (tertiary/aromatic N) is 2. The van der Waals surface area contributed by atoms with E-state index in [9.17, 15) is 4.79 Å². The molecule has 1 heterocycles. The van der Waals surface area contributed by atoms with Gasteiger partial charge in [-0.3, -0.25) is 9.48 Å². The molecule has 0 fully saturated rings. The van der Waals surface area contributed by atoms with Crippen LogP contribution in [-0.4, -0.2) is 15.7 Å². The topological polar surface area (TPSA) is 44.1 Å². The summed E-state index contributed by atoms with van der Waals surface area (Å²) >= 11 is 0. The standard InChI is InChI=1S/C16H20N2O2/c1-10-6-7-15(11(2)8-10)20-16(19)9-14-12(3)17-18(5)13(14)4/h6-8H,9H2,1-5H3. The van der Waals surface area contributed by atoms with Crippen molar-refractivity contribution in [1.82, 2.24) is 9.78 Å². The average Bonchev–Trinajstić information content (AvgIpc) is 2.60. The Balaban J connectivity index is 2.13. The van der Waals surface area contributed by atoms with Crippen LogP contribution in [-0.2, 0) is 18.3 Å². The Morgan fingerprint density at radius 2 is 1.95 bits per heavy atom. The van der Waals surface area contributed by atoms with Crippen LogP contribution < -0.4 is 4.74 Å². The minimum absolute atomic E-state index is 0.249. The third-order valence-electron chi connectivity index (χ3n) is 3.53. The second-order valence-electron chi connectivity index (χ2n) is 5.19. The quantitative estimate of drug-likeness (QED) is 0.637. The van der Waals surface area contributed by atoms with Crippen LogP contribution in [0.2, 0.25) is 0 Å². The first-order valence-electron chi connectivity index (χ1n) is 6.65. The van der Waals surface area contributed by atoms with Crippen LogP contribution in [0.4, 0.5) is 0 Å². The number of aryl methyl sites for hydroxylation is 4. The predicted octanol–water partition coefficient (Wildman–Crippen LogP) is 2.80. The number of carbonyl (C=O) groups excluding carboxylic acids is 1. The lowest BCUT2D eigenvalue weighted by Crippen LogP contribution is -2.13. The smallest absolute Gasteiger partial charge is 0.315 e. The first-order chi connectivity index (χ1) is 9.38. The number of hydrogen-bond donors (Lipinski definition) is 0. The van der Waals surface area contributed by atoms with Gasteiger partial charge in [0.15, 0.2) is 0 Å². The van der Waals surface area contributed by atoms with Gasteiger partial charge in [-0.2, -0.15) is 5.10 Å². The molecule has 1 aromatic heterocycles. The van der Waals surface area contributed by atoms with E-state index in [1.807, 2.05) is 52.9 Å². The van der Waals surface area contributed by atoms with Crippen molar-refractivity contribution >= 4 is 5.97 Å². The largest absolute Gasteiger partial charge is 0.426 e. The summed E-state index contributed by atoms with van der Waals surface area (Å²) in [6, 6.07) is 5.78. The zero-order valence-electron chi connectivity index (χ0n) is 12.7. The molecule has 0 bridgehead atoms. The molecule has 0 spiro atoms. The fraction of sp³-hybridized carbons (Fsp3) is 0.375. The lowest BCUT2D eigenvalue weighted by atomic mass is 10.1. The Hall–Kier alpha value is -2.10.